The van der Waals surface area contributed by atoms with Crippen LogP contribution in [0.3, 0.4) is 0 Å². The normalized spacial score (nSPS) is 18.3. The van der Waals surface area contributed by atoms with Crippen molar-refractivity contribution in [1.82, 2.24) is 5.32 Å². The SMILES string of the molecule is CCOC(=O)c1c(NC(=O)NC2CCCCC2)sc2c1CCCCCC2. The van der Waals surface area contributed by atoms with Crippen molar-refractivity contribution in [2.24, 2.45) is 0 Å². The summed E-state index contributed by atoms with van der Waals surface area (Å²) in [7, 11) is 0. The Kier molecular flexibility index (Phi) is 6.94. The molecule has 1 fully saturated rings. The predicted octanol–water partition coefficient (Wildman–Crippen LogP) is 5.04. The molecule has 1 heterocycles. The standard InChI is InChI=1S/C20H30N2O3S/c1-2-25-19(23)17-15-12-8-3-4-9-13-16(15)26-18(17)22-20(24)21-14-10-6-5-7-11-14/h14H,2-13H2,1H3,(H2,21,22,24). The molecule has 2 aliphatic carbocycles. The molecule has 0 bridgehead atoms. The van der Waals surface area contributed by atoms with E-state index in [9.17, 15) is 9.59 Å². The zero-order valence-electron chi connectivity index (χ0n) is 15.7. The van der Waals surface area contributed by atoms with Crippen molar-refractivity contribution in [3.05, 3.63) is 16.0 Å². The van der Waals surface area contributed by atoms with E-state index in [4.69, 9.17) is 4.74 Å². The van der Waals surface area contributed by atoms with Crippen molar-refractivity contribution in [3.63, 3.8) is 0 Å². The van der Waals surface area contributed by atoms with Crippen LogP contribution in [0.4, 0.5) is 9.80 Å². The number of carbonyl (C=O) groups excluding carboxylic acids is 2. The molecule has 0 aromatic carbocycles. The molecule has 0 atom stereocenters. The molecule has 26 heavy (non-hydrogen) atoms. The molecule has 0 aliphatic heterocycles. The molecular formula is C20H30N2O3S. The molecule has 3 rings (SSSR count). The first-order valence-corrected chi connectivity index (χ1v) is 10.9. The number of urea groups is 1. The lowest BCUT2D eigenvalue weighted by molar-refractivity contribution is 0.0526. The second kappa shape index (κ2) is 9.40. The third kappa shape index (κ3) is 4.78. The van der Waals surface area contributed by atoms with Crippen LogP contribution in [0.2, 0.25) is 0 Å². The minimum absolute atomic E-state index is 0.198. The van der Waals surface area contributed by atoms with E-state index in [2.05, 4.69) is 10.6 Å². The summed E-state index contributed by atoms with van der Waals surface area (Å²) in [5, 5.41) is 6.69. The lowest BCUT2D eigenvalue weighted by atomic mass is 9.96. The Bertz CT molecular complexity index is 635. The van der Waals surface area contributed by atoms with Gasteiger partial charge in [0, 0.05) is 10.9 Å². The average molecular weight is 379 g/mol. The van der Waals surface area contributed by atoms with Crippen LogP contribution in [0.1, 0.15) is 85.5 Å². The number of rotatable bonds is 4. The molecule has 0 radical (unpaired) electrons. The summed E-state index contributed by atoms with van der Waals surface area (Å²) in [5.41, 5.74) is 1.69. The number of thiophene rings is 1. The fourth-order valence-corrected chi connectivity index (χ4v) is 5.27. The largest absolute Gasteiger partial charge is 0.462 e. The van der Waals surface area contributed by atoms with E-state index >= 15 is 0 Å². The lowest BCUT2D eigenvalue weighted by Crippen LogP contribution is -2.39. The van der Waals surface area contributed by atoms with E-state index in [1.807, 2.05) is 6.92 Å². The monoisotopic (exact) mass is 378 g/mol. The van der Waals surface area contributed by atoms with Gasteiger partial charge in [-0.1, -0.05) is 32.1 Å². The molecule has 0 unspecified atom stereocenters. The van der Waals surface area contributed by atoms with Crippen molar-refractivity contribution < 1.29 is 14.3 Å². The van der Waals surface area contributed by atoms with Gasteiger partial charge < -0.3 is 10.1 Å². The van der Waals surface area contributed by atoms with E-state index in [1.165, 1.54) is 37.0 Å². The Morgan fingerprint density at radius 2 is 1.73 bits per heavy atom. The van der Waals surface area contributed by atoms with Crippen LogP contribution in [-0.4, -0.2) is 24.6 Å². The lowest BCUT2D eigenvalue weighted by Gasteiger charge is -2.22. The summed E-state index contributed by atoms with van der Waals surface area (Å²) in [6.07, 6.45) is 12.2. The highest BCUT2D eigenvalue weighted by Crippen LogP contribution is 2.37. The molecule has 144 valence electrons. The number of esters is 1. The molecule has 5 nitrogen and oxygen atoms in total. The van der Waals surface area contributed by atoms with Gasteiger partial charge in [0.2, 0.25) is 0 Å². The average Bonchev–Trinajstić information content (AvgIpc) is 2.92. The van der Waals surface area contributed by atoms with Crippen LogP contribution in [0, 0.1) is 0 Å². The first-order valence-electron chi connectivity index (χ1n) is 10.1. The Balaban J connectivity index is 1.78. The highest BCUT2D eigenvalue weighted by atomic mass is 32.1. The number of fused-ring (bicyclic) bond motifs is 1. The Morgan fingerprint density at radius 1 is 1.04 bits per heavy atom. The Labute approximate surface area is 159 Å². The molecule has 0 spiro atoms. The molecule has 1 saturated carbocycles. The third-order valence-electron chi connectivity index (χ3n) is 5.32. The number of ether oxygens (including phenoxy) is 1. The number of carbonyl (C=O) groups is 2. The van der Waals surface area contributed by atoms with Crippen LogP contribution >= 0.6 is 11.3 Å². The molecule has 1 aromatic rings. The summed E-state index contributed by atoms with van der Waals surface area (Å²) < 4.78 is 5.29. The fourth-order valence-electron chi connectivity index (χ4n) is 4.00. The second-order valence-electron chi connectivity index (χ2n) is 7.28. The molecule has 2 aliphatic rings. The maximum Gasteiger partial charge on any atom is 0.341 e. The smallest absolute Gasteiger partial charge is 0.341 e. The van der Waals surface area contributed by atoms with Gasteiger partial charge in [-0.2, -0.15) is 0 Å². The Hall–Kier alpha value is -1.56. The molecular weight excluding hydrogens is 348 g/mol. The van der Waals surface area contributed by atoms with Gasteiger partial charge in [0.15, 0.2) is 0 Å². The maximum atomic E-state index is 12.6. The number of hydrogen-bond donors (Lipinski definition) is 2. The molecule has 0 saturated heterocycles. The number of aryl methyl sites for hydroxylation is 1. The first kappa shape index (κ1) is 19.2. The summed E-state index contributed by atoms with van der Waals surface area (Å²) in [5.74, 6) is -0.307. The van der Waals surface area contributed by atoms with Crippen molar-refractivity contribution in [3.8, 4) is 0 Å². The predicted molar refractivity (Wildman–Crippen MR) is 105 cm³/mol. The van der Waals surface area contributed by atoms with Crippen molar-refractivity contribution in [2.75, 3.05) is 11.9 Å². The van der Waals surface area contributed by atoms with Crippen LogP contribution < -0.4 is 10.6 Å². The quantitative estimate of drug-likeness (QED) is 0.722. The first-order chi connectivity index (χ1) is 12.7. The summed E-state index contributed by atoms with van der Waals surface area (Å²) in [6.45, 7) is 2.16. The highest BCUT2D eigenvalue weighted by Gasteiger charge is 2.26. The highest BCUT2D eigenvalue weighted by molar-refractivity contribution is 7.17. The van der Waals surface area contributed by atoms with E-state index in [-0.39, 0.29) is 18.0 Å². The zero-order valence-corrected chi connectivity index (χ0v) is 16.5. The molecule has 2 amide bonds. The molecule has 6 heteroatoms. The van der Waals surface area contributed by atoms with Gasteiger partial charge in [0.1, 0.15) is 5.00 Å². The van der Waals surface area contributed by atoms with Crippen LogP contribution in [0.5, 0.6) is 0 Å². The Morgan fingerprint density at radius 3 is 2.46 bits per heavy atom. The fraction of sp³-hybridized carbons (Fsp3) is 0.700. The molecule has 2 N–H and O–H groups in total. The van der Waals surface area contributed by atoms with Crippen molar-refractivity contribution in [1.29, 1.82) is 0 Å². The van der Waals surface area contributed by atoms with E-state index in [0.717, 1.165) is 44.1 Å². The van der Waals surface area contributed by atoms with E-state index < -0.39 is 0 Å². The van der Waals surface area contributed by atoms with Crippen LogP contribution in [-0.2, 0) is 17.6 Å². The topological polar surface area (TPSA) is 67.4 Å². The van der Waals surface area contributed by atoms with Gasteiger partial charge in [-0.3, -0.25) is 5.32 Å². The number of anilines is 1. The van der Waals surface area contributed by atoms with Gasteiger partial charge in [0.05, 0.1) is 12.2 Å². The number of amides is 2. The van der Waals surface area contributed by atoms with Gasteiger partial charge in [-0.15, -0.1) is 11.3 Å². The van der Waals surface area contributed by atoms with E-state index in [1.54, 1.807) is 11.3 Å². The second-order valence-corrected chi connectivity index (χ2v) is 8.38. The molecule has 1 aromatic heterocycles. The minimum Gasteiger partial charge on any atom is -0.462 e. The number of hydrogen-bond acceptors (Lipinski definition) is 4. The van der Waals surface area contributed by atoms with Gasteiger partial charge >= 0.3 is 12.0 Å². The summed E-state index contributed by atoms with van der Waals surface area (Å²) in [4.78, 5) is 26.3. The van der Waals surface area contributed by atoms with Crippen LogP contribution in [0.15, 0.2) is 0 Å². The minimum atomic E-state index is -0.307. The van der Waals surface area contributed by atoms with Crippen molar-refractivity contribution >= 4 is 28.3 Å². The van der Waals surface area contributed by atoms with Gasteiger partial charge in [-0.05, 0) is 51.0 Å². The number of nitrogens with one attached hydrogen (secondary N) is 2. The van der Waals surface area contributed by atoms with Crippen molar-refractivity contribution in [2.45, 2.75) is 83.6 Å². The summed E-state index contributed by atoms with van der Waals surface area (Å²) >= 11 is 1.56. The van der Waals surface area contributed by atoms with Gasteiger partial charge in [-0.25, -0.2) is 9.59 Å². The summed E-state index contributed by atoms with van der Waals surface area (Å²) in [6, 6.07) is 0.0486. The van der Waals surface area contributed by atoms with Gasteiger partial charge in [0.25, 0.3) is 0 Å². The third-order valence-corrected chi connectivity index (χ3v) is 6.53. The maximum absolute atomic E-state index is 12.6. The van der Waals surface area contributed by atoms with Crippen LogP contribution in [0.25, 0.3) is 0 Å². The zero-order chi connectivity index (χ0) is 18.4. The van der Waals surface area contributed by atoms with E-state index in [0.29, 0.717) is 17.2 Å².